The van der Waals surface area contributed by atoms with Crippen LogP contribution in [0.15, 0.2) is 81.7 Å². The van der Waals surface area contributed by atoms with E-state index in [1.807, 2.05) is 48.5 Å². The van der Waals surface area contributed by atoms with Crippen LogP contribution >= 0.6 is 56.3 Å². The van der Waals surface area contributed by atoms with Gasteiger partial charge in [-0.2, -0.15) is 10.2 Å². The smallest absolute Gasteiger partial charge is 0.200 e. The number of aromatic hydroxyl groups is 4. The summed E-state index contributed by atoms with van der Waals surface area (Å²) in [6.45, 7) is 6.38. The zero-order valence-electron chi connectivity index (χ0n) is 28.4. The first-order valence-electron chi connectivity index (χ1n) is 16.7. The van der Waals surface area contributed by atoms with E-state index in [0.29, 0.717) is 41.3 Å². The SMILES string of the molecule is Oc1cc(O)c(-c2n[nH]c(=S)n2-c2ccc(N3CCOCC3)cc2)cc1Br.Oc1cc(O)c(-c2n[nH]c(=S)n2-c2ccc(N3CCOCC3)cc2)cc1Br. The number of morpholine rings is 2. The summed E-state index contributed by atoms with van der Waals surface area (Å²) in [7, 11) is 0. The molecule has 0 spiro atoms. The molecule has 18 heteroatoms. The van der Waals surface area contributed by atoms with Gasteiger partial charge in [0.1, 0.15) is 23.0 Å². The molecule has 6 N–H and O–H groups in total. The molecule has 6 aromatic rings. The number of hydrogen-bond acceptors (Lipinski definition) is 12. The summed E-state index contributed by atoms with van der Waals surface area (Å²) in [4.78, 5) is 4.54. The Bertz CT molecular complexity index is 2220. The van der Waals surface area contributed by atoms with Crippen molar-refractivity contribution in [2.45, 2.75) is 0 Å². The number of ether oxygens (including phenoxy) is 2. The Balaban J connectivity index is 0.000000167. The maximum absolute atomic E-state index is 10.3. The summed E-state index contributed by atoms with van der Waals surface area (Å²) in [5.74, 6) is 0.639. The standard InChI is InChI=1S/2C18H17BrN4O3S/c2*19-14-9-13(15(24)10-16(14)25)17-20-21-18(27)23(17)12-3-1-11(2-4-12)22-5-7-26-8-6-22/h2*1-4,9-10,24-25H,5-8H2,(H,21,27). The van der Waals surface area contributed by atoms with Gasteiger partial charge in [0.15, 0.2) is 21.2 Å². The van der Waals surface area contributed by atoms with Gasteiger partial charge in [0.05, 0.1) is 57.9 Å². The third-order valence-corrected chi connectivity index (χ3v) is 10.7. The third kappa shape index (κ3) is 7.89. The number of aromatic nitrogens is 6. The number of H-pyrrole nitrogens is 2. The highest BCUT2D eigenvalue weighted by Crippen LogP contribution is 2.39. The van der Waals surface area contributed by atoms with Crippen LogP contribution in [0.1, 0.15) is 0 Å². The van der Waals surface area contributed by atoms with E-state index < -0.39 is 0 Å². The van der Waals surface area contributed by atoms with Gasteiger partial charge < -0.3 is 39.7 Å². The molecule has 2 saturated heterocycles. The molecule has 280 valence electrons. The number of phenolic OH excluding ortho intramolecular Hbond substituents is 4. The first-order valence-corrected chi connectivity index (χ1v) is 19.1. The zero-order valence-corrected chi connectivity index (χ0v) is 33.3. The van der Waals surface area contributed by atoms with Gasteiger partial charge in [0, 0.05) is 49.7 Å². The predicted octanol–water partition coefficient (Wildman–Crippen LogP) is 7.21. The van der Waals surface area contributed by atoms with Crippen LogP contribution in [0.25, 0.3) is 34.2 Å². The van der Waals surface area contributed by atoms with E-state index >= 15 is 0 Å². The molecule has 0 radical (unpaired) electrons. The van der Waals surface area contributed by atoms with Crippen molar-refractivity contribution in [3.63, 3.8) is 0 Å². The Hall–Kier alpha value is -4.72. The Morgan fingerprint density at radius 2 is 0.852 bits per heavy atom. The minimum atomic E-state index is -0.0871. The van der Waals surface area contributed by atoms with Gasteiger partial charge in [0.25, 0.3) is 0 Å². The summed E-state index contributed by atoms with van der Waals surface area (Å²) < 4.78 is 16.0. The molecule has 0 aliphatic carbocycles. The van der Waals surface area contributed by atoms with E-state index in [1.54, 1.807) is 21.3 Å². The number of benzene rings is 4. The van der Waals surface area contributed by atoms with E-state index in [2.05, 4.69) is 62.1 Å². The van der Waals surface area contributed by atoms with Crippen molar-refractivity contribution in [2.24, 2.45) is 0 Å². The van der Waals surface area contributed by atoms with Crippen molar-refractivity contribution in [1.82, 2.24) is 29.5 Å². The number of halogens is 2. The lowest BCUT2D eigenvalue weighted by atomic mass is 10.1. The van der Waals surface area contributed by atoms with Gasteiger partial charge >= 0.3 is 0 Å². The Kier molecular flexibility index (Phi) is 11.4. The van der Waals surface area contributed by atoms with Crippen molar-refractivity contribution in [3.8, 4) is 57.1 Å². The van der Waals surface area contributed by atoms with Gasteiger partial charge in [-0.15, -0.1) is 0 Å². The van der Waals surface area contributed by atoms with Crippen LogP contribution in [-0.2, 0) is 9.47 Å². The summed E-state index contributed by atoms with van der Waals surface area (Å²) in [6.07, 6.45) is 0. The molecule has 2 fully saturated rings. The van der Waals surface area contributed by atoms with E-state index in [0.717, 1.165) is 75.4 Å². The van der Waals surface area contributed by atoms with Crippen LogP contribution < -0.4 is 9.80 Å². The van der Waals surface area contributed by atoms with Crippen LogP contribution in [0.3, 0.4) is 0 Å². The van der Waals surface area contributed by atoms with Crippen LogP contribution in [0.2, 0.25) is 0 Å². The summed E-state index contributed by atoms with van der Waals surface area (Å²) in [6, 6.07) is 21.7. The molecule has 0 atom stereocenters. The molecule has 0 saturated carbocycles. The van der Waals surface area contributed by atoms with Gasteiger partial charge in [0.2, 0.25) is 0 Å². The maximum atomic E-state index is 10.3. The molecule has 2 aromatic heterocycles. The Morgan fingerprint density at radius 3 is 1.20 bits per heavy atom. The minimum absolute atomic E-state index is 0.0493. The highest BCUT2D eigenvalue weighted by atomic mass is 79.9. The monoisotopic (exact) mass is 896 g/mol. The van der Waals surface area contributed by atoms with Crippen LogP contribution in [-0.4, -0.2) is 103 Å². The topological polar surface area (TPSA) is 173 Å². The highest BCUT2D eigenvalue weighted by Gasteiger charge is 2.20. The molecular formula is C36H34Br2N8O6S2. The molecule has 8 rings (SSSR count). The Labute approximate surface area is 336 Å². The van der Waals surface area contributed by atoms with Crippen molar-refractivity contribution in [1.29, 1.82) is 0 Å². The van der Waals surface area contributed by atoms with Crippen molar-refractivity contribution >= 4 is 67.7 Å². The number of phenols is 4. The fourth-order valence-electron chi connectivity index (χ4n) is 6.16. The number of anilines is 2. The molecule has 0 amide bonds. The summed E-state index contributed by atoms with van der Waals surface area (Å²) in [5.41, 5.74) is 4.78. The van der Waals surface area contributed by atoms with Gasteiger partial charge in [-0.05, 0) is 117 Å². The fraction of sp³-hybridized carbons (Fsp3) is 0.222. The normalized spacial score (nSPS) is 14.5. The molecule has 4 heterocycles. The molecule has 54 heavy (non-hydrogen) atoms. The maximum Gasteiger partial charge on any atom is 0.200 e. The molecule has 14 nitrogen and oxygen atoms in total. The zero-order chi connectivity index (χ0) is 37.9. The molecule has 2 aliphatic heterocycles. The van der Waals surface area contributed by atoms with Crippen LogP contribution in [0, 0.1) is 9.54 Å². The van der Waals surface area contributed by atoms with Crippen molar-refractivity contribution in [2.75, 3.05) is 62.4 Å². The quantitative estimate of drug-likeness (QED) is 0.0930. The number of nitrogens with zero attached hydrogens (tertiary/aromatic N) is 6. The van der Waals surface area contributed by atoms with Crippen LogP contribution in [0.4, 0.5) is 11.4 Å². The lowest BCUT2D eigenvalue weighted by Crippen LogP contribution is -2.36. The Morgan fingerprint density at radius 1 is 0.519 bits per heavy atom. The minimum Gasteiger partial charge on any atom is -0.507 e. The van der Waals surface area contributed by atoms with Crippen LogP contribution in [0.5, 0.6) is 23.0 Å². The average Bonchev–Trinajstić information content (AvgIpc) is 3.77. The lowest BCUT2D eigenvalue weighted by Gasteiger charge is -2.29. The molecule has 4 aromatic carbocycles. The summed E-state index contributed by atoms with van der Waals surface area (Å²) >= 11 is 17.3. The molecule has 0 unspecified atom stereocenters. The number of hydrogen-bond donors (Lipinski definition) is 6. The van der Waals surface area contributed by atoms with E-state index in [4.69, 9.17) is 33.9 Å². The highest BCUT2D eigenvalue weighted by molar-refractivity contribution is 9.11. The van der Waals surface area contributed by atoms with Crippen molar-refractivity contribution in [3.05, 3.63) is 91.3 Å². The van der Waals surface area contributed by atoms with Gasteiger partial charge in [-0.1, -0.05) is 0 Å². The molecule has 2 aliphatic rings. The van der Waals surface area contributed by atoms with Crippen molar-refractivity contribution < 1.29 is 29.9 Å². The molecular weight excluding hydrogens is 864 g/mol. The van der Waals surface area contributed by atoms with E-state index in [-0.39, 0.29) is 23.0 Å². The van der Waals surface area contributed by atoms with E-state index in [9.17, 15) is 20.4 Å². The second-order valence-electron chi connectivity index (χ2n) is 12.2. The molecule has 0 bridgehead atoms. The first-order chi connectivity index (χ1) is 26.1. The van der Waals surface area contributed by atoms with E-state index in [1.165, 1.54) is 12.1 Å². The number of aromatic amines is 2. The first kappa shape index (κ1) is 37.6. The number of rotatable bonds is 6. The third-order valence-electron chi connectivity index (χ3n) is 8.93. The second-order valence-corrected chi connectivity index (χ2v) is 14.7. The second kappa shape index (κ2) is 16.3. The lowest BCUT2D eigenvalue weighted by molar-refractivity contribution is 0.122. The fourth-order valence-corrected chi connectivity index (χ4v) is 7.32. The summed E-state index contributed by atoms with van der Waals surface area (Å²) in [5, 5.41) is 54.1. The largest absolute Gasteiger partial charge is 0.507 e. The number of nitrogens with one attached hydrogen (secondary N) is 2. The predicted molar refractivity (Wildman–Crippen MR) is 216 cm³/mol. The average molecular weight is 899 g/mol. The van der Waals surface area contributed by atoms with Gasteiger partial charge in [-0.25, -0.2) is 0 Å². The van der Waals surface area contributed by atoms with Gasteiger partial charge in [-0.3, -0.25) is 19.3 Å².